The molecule has 0 aliphatic carbocycles. The van der Waals surface area contributed by atoms with E-state index in [0.717, 1.165) is 23.4 Å². The fraction of sp³-hybridized carbons (Fsp3) is 0.538. The van der Waals surface area contributed by atoms with Crippen molar-refractivity contribution < 1.29 is 9.59 Å². The Kier molecular flexibility index (Phi) is 6.44. The van der Waals surface area contributed by atoms with E-state index in [1.54, 1.807) is 0 Å². The lowest BCUT2D eigenvalue weighted by Gasteiger charge is -2.07. The number of nitrogens with one attached hydrogen (secondary N) is 2. The predicted octanol–water partition coefficient (Wildman–Crippen LogP) is 1.73. The summed E-state index contributed by atoms with van der Waals surface area (Å²) in [5, 5.41) is 5.39. The Hall–Kier alpha value is -1.63. The maximum absolute atomic E-state index is 11.6. The zero-order valence-electron chi connectivity index (χ0n) is 12.2. The number of imide groups is 1. The van der Waals surface area contributed by atoms with E-state index in [9.17, 15) is 9.59 Å². The molecule has 0 saturated heterocycles. The molecule has 1 aromatic rings. The fourth-order valence-corrected chi connectivity index (χ4v) is 2.12. The van der Waals surface area contributed by atoms with Crippen molar-refractivity contribution in [3.05, 3.63) is 17.0 Å². The van der Waals surface area contributed by atoms with Gasteiger partial charge in [-0.1, -0.05) is 18.7 Å². The second-order valence-electron chi connectivity index (χ2n) is 4.39. The lowest BCUT2D eigenvalue weighted by molar-refractivity contribution is -0.117. The molecule has 20 heavy (non-hydrogen) atoms. The minimum absolute atomic E-state index is 0.113. The topological polar surface area (TPSA) is 84.0 Å². The first-order valence-electron chi connectivity index (χ1n) is 6.46. The summed E-state index contributed by atoms with van der Waals surface area (Å²) in [6.45, 7) is 8.27. The number of carbonyl (C=O) groups excluding carboxylic acids is 2. The molecule has 2 N–H and O–H groups in total. The average Bonchev–Trinajstić information content (AvgIpc) is 2.40. The van der Waals surface area contributed by atoms with Crippen LogP contribution in [0.3, 0.4) is 0 Å². The van der Waals surface area contributed by atoms with Crippen molar-refractivity contribution in [3.8, 4) is 0 Å². The quantitative estimate of drug-likeness (QED) is 0.638. The third kappa shape index (κ3) is 5.16. The molecule has 0 saturated carbocycles. The van der Waals surface area contributed by atoms with Gasteiger partial charge in [-0.3, -0.25) is 10.1 Å². The molecule has 1 aromatic heterocycles. The van der Waals surface area contributed by atoms with Crippen molar-refractivity contribution >= 4 is 23.7 Å². The van der Waals surface area contributed by atoms with Gasteiger partial charge in [0.2, 0.25) is 5.91 Å². The van der Waals surface area contributed by atoms with Gasteiger partial charge in [0, 0.05) is 17.9 Å². The number of carbonyl (C=O) groups is 2. The van der Waals surface area contributed by atoms with Crippen molar-refractivity contribution in [2.24, 2.45) is 0 Å². The van der Waals surface area contributed by atoms with Crippen LogP contribution >= 0.6 is 11.8 Å². The molecule has 7 heteroatoms. The second kappa shape index (κ2) is 7.84. The number of aromatic nitrogens is 2. The van der Waals surface area contributed by atoms with E-state index in [-0.39, 0.29) is 11.7 Å². The molecule has 0 aliphatic heterocycles. The molecule has 0 bridgehead atoms. The Morgan fingerprint density at radius 1 is 1.15 bits per heavy atom. The van der Waals surface area contributed by atoms with Gasteiger partial charge in [-0.15, -0.1) is 0 Å². The summed E-state index contributed by atoms with van der Waals surface area (Å²) in [7, 11) is 0. The van der Waals surface area contributed by atoms with Gasteiger partial charge in [-0.05, 0) is 32.8 Å². The molecule has 110 valence electrons. The van der Waals surface area contributed by atoms with E-state index in [1.165, 1.54) is 11.8 Å². The van der Waals surface area contributed by atoms with Gasteiger partial charge in [-0.25, -0.2) is 14.8 Å². The molecule has 0 aliphatic rings. The Labute approximate surface area is 123 Å². The highest BCUT2D eigenvalue weighted by Crippen LogP contribution is 2.16. The summed E-state index contributed by atoms with van der Waals surface area (Å²) in [6, 6.07) is -0.463. The van der Waals surface area contributed by atoms with E-state index >= 15 is 0 Å². The molecule has 3 amide bonds. The van der Waals surface area contributed by atoms with E-state index in [4.69, 9.17) is 0 Å². The molecule has 1 heterocycles. The average molecular weight is 296 g/mol. The SMILES string of the molecule is CCCNC(=O)NC(=O)CSc1nc(C)c(C)c(C)n1. The van der Waals surface area contributed by atoms with Crippen LogP contribution in [0.15, 0.2) is 5.16 Å². The van der Waals surface area contributed by atoms with Crippen molar-refractivity contribution in [2.45, 2.75) is 39.3 Å². The molecule has 0 atom stereocenters. The number of nitrogens with zero attached hydrogens (tertiary/aromatic N) is 2. The number of hydrogen-bond donors (Lipinski definition) is 2. The smallest absolute Gasteiger partial charge is 0.321 e. The van der Waals surface area contributed by atoms with Crippen LogP contribution in [0.4, 0.5) is 4.79 Å². The van der Waals surface area contributed by atoms with Gasteiger partial charge >= 0.3 is 6.03 Å². The summed E-state index contributed by atoms with van der Waals surface area (Å²) >= 11 is 1.22. The third-order valence-corrected chi connectivity index (χ3v) is 3.58. The monoisotopic (exact) mass is 296 g/mol. The highest BCUT2D eigenvalue weighted by molar-refractivity contribution is 7.99. The second-order valence-corrected chi connectivity index (χ2v) is 5.34. The Bertz CT molecular complexity index is 482. The largest absolute Gasteiger partial charge is 0.338 e. The van der Waals surface area contributed by atoms with E-state index in [1.807, 2.05) is 27.7 Å². The standard InChI is InChI=1S/C13H20N4O2S/c1-5-6-14-12(19)17-11(18)7-20-13-15-9(3)8(2)10(4)16-13/h5-7H2,1-4H3,(H2,14,17,18,19). The molecular formula is C13H20N4O2S. The molecule has 1 rings (SSSR count). The third-order valence-electron chi connectivity index (χ3n) is 2.73. The van der Waals surface area contributed by atoms with E-state index in [2.05, 4.69) is 20.6 Å². The molecule has 0 spiro atoms. The van der Waals surface area contributed by atoms with Gasteiger partial charge in [0.25, 0.3) is 0 Å². The van der Waals surface area contributed by atoms with Crippen LogP contribution in [-0.2, 0) is 4.79 Å². The van der Waals surface area contributed by atoms with Crippen molar-refractivity contribution in [1.82, 2.24) is 20.6 Å². The summed E-state index contributed by atoms with van der Waals surface area (Å²) in [6.07, 6.45) is 0.826. The highest BCUT2D eigenvalue weighted by atomic mass is 32.2. The van der Waals surface area contributed by atoms with Gasteiger partial charge in [0.15, 0.2) is 5.16 Å². The van der Waals surface area contributed by atoms with Gasteiger partial charge in [-0.2, -0.15) is 0 Å². The lowest BCUT2D eigenvalue weighted by Crippen LogP contribution is -2.40. The van der Waals surface area contributed by atoms with E-state index < -0.39 is 6.03 Å². The first kappa shape index (κ1) is 16.4. The fourth-order valence-electron chi connectivity index (χ4n) is 1.38. The summed E-state index contributed by atoms with van der Waals surface area (Å²) in [4.78, 5) is 31.5. The first-order valence-corrected chi connectivity index (χ1v) is 7.45. The van der Waals surface area contributed by atoms with E-state index in [0.29, 0.717) is 11.7 Å². The number of aryl methyl sites for hydroxylation is 2. The predicted molar refractivity (Wildman–Crippen MR) is 78.8 cm³/mol. The van der Waals surface area contributed by atoms with Crippen LogP contribution in [0.25, 0.3) is 0 Å². The zero-order chi connectivity index (χ0) is 15.1. The molecule has 0 fully saturated rings. The first-order chi connectivity index (χ1) is 9.43. The van der Waals surface area contributed by atoms with Gasteiger partial charge < -0.3 is 5.32 Å². The van der Waals surface area contributed by atoms with Gasteiger partial charge in [0.1, 0.15) is 0 Å². The molecule has 6 nitrogen and oxygen atoms in total. The lowest BCUT2D eigenvalue weighted by atomic mass is 10.2. The summed E-state index contributed by atoms with van der Waals surface area (Å²) in [5.74, 6) is -0.246. The Morgan fingerprint density at radius 3 is 2.30 bits per heavy atom. The maximum atomic E-state index is 11.6. The number of thioether (sulfide) groups is 1. The van der Waals surface area contributed by atoms with Crippen LogP contribution in [0.1, 0.15) is 30.3 Å². The van der Waals surface area contributed by atoms with Crippen LogP contribution in [-0.4, -0.2) is 34.2 Å². The molecule has 0 radical (unpaired) electrons. The zero-order valence-corrected chi connectivity index (χ0v) is 13.1. The Balaban J connectivity index is 2.47. The van der Waals surface area contributed by atoms with Crippen LogP contribution < -0.4 is 10.6 Å². The summed E-state index contributed by atoms with van der Waals surface area (Å²) < 4.78 is 0. The van der Waals surface area contributed by atoms with Crippen LogP contribution in [0, 0.1) is 20.8 Å². The van der Waals surface area contributed by atoms with Crippen LogP contribution in [0.5, 0.6) is 0 Å². The number of hydrogen-bond acceptors (Lipinski definition) is 5. The van der Waals surface area contributed by atoms with Crippen molar-refractivity contribution in [3.63, 3.8) is 0 Å². The number of urea groups is 1. The van der Waals surface area contributed by atoms with Crippen molar-refractivity contribution in [2.75, 3.05) is 12.3 Å². The minimum Gasteiger partial charge on any atom is -0.338 e. The van der Waals surface area contributed by atoms with Gasteiger partial charge in [0.05, 0.1) is 5.75 Å². The number of amides is 3. The minimum atomic E-state index is -0.463. The maximum Gasteiger partial charge on any atom is 0.321 e. The van der Waals surface area contributed by atoms with Crippen molar-refractivity contribution in [1.29, 1.82) is 0 Å². The summed E-state index contributed by atoms with van der Waals surface area (Å²) in [5.41, 5.74) is 2.86. The molecule has 0 aromatic carbocycles. The Morgan fingerprint density at radius 2 is 1.75 bits per heavy atom. The van der Waals surface area contributed by atoms with Crippen LogP contribution in [0.2, 0.25) is 0 Å². The number of rotatable bonds is 5. The highest BCUT2D eigenvalue weighted by Gasteiger charge is 2.10. The normalized spacial score (nSPS) is 10.2. The molecular weight excluding hydrogens is 276 g/mol. The molecule has 0 unspecified atom stereocenters.